The molecule has 0 saturated heterocycles. The quantitative estimate of drug-likeness (QED) is 0.843. The molecule has 0 spiro atoms. The number of carboxylic acid groups (broad SMARTS) is 1. The zero-order valence-electron chi connectivity index (χ0n) is 10.6. The minimum Gasteiger partial charge on any atom is -0.508 e. The van der Waals surface area contributed by atoms with Crippen LogP contribution in [0.4, 0.5) is 0 Å². The number of hydrogen-bond acceptors (Lipinski definition) is 3. The van der Waals surface area contributed by atoms with Crippen molar-refractivity contribution in [3.05, 3.63) is 63.1 Å². The van der Waals surface area contributed by atoms with Gasteiger partial charge < -0.3 is 10.2 Å². The van der Waals surface area contributed by atoms with Crippen molar-refractivity contribution < 1.29 is 19.8 Å². The van der Waals surface area contributed by atoms with Gasteiger partial charge in [0.1, 0.15) is 5.75 Å². The van der Waals surface area contributed by atoms with E-state index in [2.05, 4.69) is 0 Å². The van der Waals surface area contributed by atoms with Gasteiger partial charge in [0.25, 0.3) is 0 Å². The fraction of sp³-hybridized carbons (Fsp3) is 0.0667. The summed E-state index contributed by atoms with van der Waals surface area (Å²) in [4.78, 5) is 23.1. The number of ketones is 1. The first-order valence-corrected chi connectivity index (χ1v) is 6.67. The van der Waals surface area contributed by atoms with Gasteiger partial charge in [-0.25, -0.2) is 0 Å². The smallest absolute Gasteiger partial charge is 0.307 e. The van der Waals surface area contributed by atoms with E-state index in [9.17, 15) is 14.7 Å². The van der Waals surface area contributed by atoms with Crippen molar-refractivity contribution >= 4 is 35.0 Å². The number of aliphatic carboxylic acids is 1. The van der Waals surface area contributed by atoms with Crippen LogP contribution in [-0.2, 0) is 11.2 Å². The van der Waals surface area contributed by atoms with Gasteiger partial charge in [-0.1, -0.05) is 23.2 Å². The highest BCUT2D eigenvalue weighted by molar-refractivity contribution is 6.37. The van der Waals surface area contributed by atoms with Crippen LogP contribution in [0.1, 0.15) is 21.5 Å². The molecule has 2 aromatic carbocycles. The molecular weight excluding hydrogens is 315 g/mol. The Labute approximate surface area is 130 Å². The standard InChI is InChI=1S/C15H10Cl2O4/c16-10-2-3-11(12(17)7-10)15(21)8-1-4-13(18)9(5-8)6-14(19)20/h1-5,7,18H,6H2,(H,19,20). The second-order valence-corrected chi connectivity index (χ2v) is 5.21. The van der Waals surface area contributed by atoms with E-state index in [1.165, 1.54) is 30.3 Å². The molecule has 0 aliphatic carbocycles. The van der Waals surface area contributed by atoms with Crippen LogP contribution in [0, 0.1) is 0 Å². The van der Waals surface area contributed by atoms with E-state index in [4.69, 9.17) is 28.3 Å². The normalized spacial score (nSPS) is 10.4. The Bertz CT molecular complexity index is 726. The minimum absolute atomic E-state index is 0.165. The lowest BCUT2D eigenvalue weighted by atomic mass is 9.99. The zero-order valence-corrected chi connectivity index (χ0v) is 12.1. The number of benzene rings is 2. The maximum absolute atomic E-state index is 12.4. The van der Waals surface area contributed by atoms with Crippen LogP contribution in [0.5, 0.6) is 5.75 Å². The average Bonchev–Trinajstić information content (AvgIpc) is 2.40. The summed E-state index contributed by atoms with van der Waals surface area (Å²) in [7, 11) is 0. The Balaban J connectivity index is 2.41. The van der Waals surface area contributed by atoms with Crippen molar-refractivity contribution in [3.63, 3.8) is 0 Å². The highest BCUT2D eigenvalue weighted by Crippen LogP contribution is 2.26. The fourth-order valence-electron chi connectivity index (χ4n) is 1.86. The summed E-state index contributed by atoms with van der Waals surface area (Å²) in [5, 5.41) is 19.0. The lowest BCUT2D eigenvalue weighted by Crippen LogP contribution is -2.05. The highest BCUT2D eigenvalue weighted by Gasteiger charge is 2.16. The minimum atomic E-state index is -1.10. The van der Waals surface area contributed by atoms with E-state index >= 15 is 0 Å². The van der Waals surface area contributed by atoms with Crippen LogP contribution in [0.2, 0.25) is 10.0 Å². The van der Waals surface area contributed by atoms with Gasteiger partial charge in [-0.05, 0) is 36.4 Å². The van der Waals surface area contributed by atoms with Gasteiger partial charge in [-0.15, -0.1) is 0 Å². The molecule has 0 atom stereocenters. The van der Waals surface area contributed by atoms with Gasteiger partial charge in [-0.3, -0.25) is 9.59 Å². The molecule has 4 nitrogen and oxygen atoms in total. The molecule has 6 heteroatoms. The van der Waals surface area contributed by atoms with Crippen molar-refractivity contribution in [1.82, 2.24) is 0 Å². The number of carboxylic acids is 1. The predicted molar refractivity (Wildman–Crippen MR) is 79.3 cm³/mol. The Morgan fingerprint density at radius 3 is 2.38 bits per heavy atom. The molecule has 0 fully saturated rings. The van der Waals surface area contributed by atoms with Gasteiger partial charge in [0.15, 0.2) is 5.78 Å². The maximum Gasteiger partial charge on any atom is 0.307 e. The molecule has 0 radical (unpaired) electrons. The Morgan fingerprint density at radius 2 is 1.76 bits per heavy atom. The first kappa shape index (κ1) is 15.4. The molecule has 0 saturated carbocycles. The summed E-state index contributed by atoms with van der Waals surface area (Å²) >= 11 is 11.8. The first-order valence-electron chi connectivity index (χ1n) is 5.92. The van der Waals surface area contributed by atoms with Crippen LogP contribution in [-0.4, -0.2) is 22.0 Å². The second-order valence-electron chi connectivity index (χ2n) is 4.37. The predicted octanol–water partition coefficient (Wildman–Crippen LogP) is 3.56. The summed E-state index contributed by atoms with van der Waals surface area (Å²) in [6, 6.07) is 8.53. The van der Waals surface area contributed by atoms with Gasteiger partial charge >= 0.3 is 5.97 Å². The Kier molecular flexibility index (Phi) is 4.50. The number of aromatic hydroxyl groups is 1. The van der Waals surface area contributed by atoms with Crippen molar-refractivity contribution in [2.45, 2.75) is 6.42 Å². The molecule has 0 aliphatic rings. The van der Waals surface area contributed by atoms with E-state index in [-0.39, 0.29) is 39.7 Å². The number of halogens is 2. The van der Waals surface area contributed by atoms with Crippen molar-refractivity contribution in [2.24, 2.45) is 0 Å². The number of phenolic OH excluding ortho intramolecular Hbond substituents is 1. The molecule has 0 amide bonds. The third kappa shape index (κ3) is 3.54. The maximum atomic E-state index is 12.4. The summed E-state index contributed by atoms with van der Waals surface area (Å²) in [6.07, 6.45) is -0.374. The number of phenols is 1. The van der Waals surface area contributed by atoms with Gasteiger partial charge in [0.05, 0.1) is 11.4 Å². The molecule has 0 unspecified atom stereocenters. The summed E-state index contributed by atoms with van der Waals surface area (Å²) in [5.74, 6) is -1.64. The van der Waals surface area contributed by atoms with Crippen LogP contribution >= 0.6 is 23.2 Å². The van der Waals surface area contributed by atoms with Crippen molar-refractivity contribution in [3.8, 4) is 5.75 Å². The molecular formula is C15H10Cl2O4. The highest BCUT2D eigenvalue weighted by atomic mass is 35.5. The van der Waals surface area contributed by atoms with Crippen LogP contribution in [0.15, 0.2) is 36.4 Å². The van der Waals surface area contributed by atoms with Gasteiger partial charge in [0, 0.05) is 21.7 Å². The zero-order chi connectivity index (χ0) is 15.6. The second kappa shape index (κ2) is 6.16. The molecule has 21 heavy (non-hydrogen) atoms. The van der Waals surface area contributed by atoms with E-state index in [1.807, 2.05) is 0 Å². The van der Waals surface area contributed by atoms with Crippen LogP contribution < -0.4 is 0 Å². The largest absolute Gasteiger partial charge is 0.508 e. The van der Waals surface area contributed by atoms with Crippen molar-refractivity contribution in [2.75, 3.05) is 0 Å². The average molecular weight is 325 g/mol. The molecule has 0 bridgehead atoms. The first-order chi connectivity index (χ1) is 9.88. The van der Waals surface area contributed by atoms with Gasteiger partial charge in [-0.2, -0.15) is 0 Å². The molecule has 0 aromatic heterocycles. The SMILES string of the molecule is O=C(O)Cc1cc(C(=O)c2ccc(Cl)cc2Cl)ccc1O. The molecule has 2 rings (SSSR count). The van der Waals surface area contributed by atoms with E-state index in [1.54, 1.807) is 6.07 Å². The molecule has 0 aliphatic heterocycles. The number of rotatable bonds is 4. The number of carbonyl (C=O) groups is 2. The van der Waals surface area contributed by atoms with E-state index in [0.717, 1.165) is 0 Å². The number of hydrogen-bond donors (Lipinski definition) is 2. The summed E-state index contributed by atoms with van der Waals surface area (Å²) in [5.41, 5.74) is 0.666. The van der Waals surface area contributed by atoms with Crippen LogP contribution in [0.25, 0.3) is 0 Å². The topological polar surface area (TPSA) is 74.6 Å². The van der Waals surface area contributed by atoms with Crippen molar-refractivity contribution in [1.29, 1.82) is 0 Å². The summed E-state index contributed by atoms with van der Waals surface area (Å²) in [6.45, 7) is 0. The molecule has 0 heterocycles. The summed E-state index contributed by atoms with van der Waals surface area (Å²) < 4.78 is 0. The molecule has 2 N–H and O–H groups in total. The number of carbonyl (C=O) groups excluding carboxylic acids is 1. The molecule has 2 aromatic rings. The monoisotopic (exact) mass is 324 g/mol. The third-order valence-corrected chi connectivity index (χ3v) is 3.41. The van der Waals surface area contributed by atoms with Crippen LogP contribution in [0.3, 0.4) is 0 Å². The molecule has 108 valence electrons. The lowest BCUT2D eigenvalue weighted by Gasteiger charge is -2.07. The Morgan fingerprint density at radius 1 is 1.05 bits per heavy atom. The van der Waals surface area contributed by atoms with E-state index < -0.39 is 5.97 Å². The lowest BCUT2D eigenvalue weighted by molar-refractivity contribution is -0.136. The Hall–Kier alpha value is -2.04. The fourth-order valence-corrected chi connectivity index (χ4v) is 2.35. The van der Waals surface area contributed by atoms with Gasteiger partial charge in [0.2, 0.25) is 0 Å². The third-order valence-electron chi connectivity index (χ3n) is 2.86. The van der Waals surface area contributed by atoms with E-state index in [0.29, 0.717) is 5.02 Å².